The van der Waals surface area contributed by atoms with Crippen molar-refractivity contribution in [2.24, 2.45) is 10.8 Å². The van der Waals surface area contributed by atoms with Gasteiger partial charge < -0.3 is 4.74 Å². The van der Waals surface area contributed by atoms with E-state index in [1.165, 1.54) is 0 Å². The number of rotatable bonds is 5. The lowest BCUT2D eigenvalue weighted by molar-refractivity contribution is -0.149. The SMILES string of the molecule is CC(C)(CC(C)(C)C(=O)Oc1ccccc1)C(=O)NO. The molecular weight excluding hydrogens is 258 g/mol. The van der Waals surface area contributed by atoms with Crippen molar-refractivity contribution in [3.8, 4) is 5.75 Å². The van der Waals surface area contributed by atoms with Gasteiger partial charge in [0.1, 0.15) is 5.75 Å². The first kappa shape index (κ1) is 16.2. The van der Waals surface area contributed by atoms with Crippen LogP contribution in [0.4, 0.5) is 0 Å². The van der Waals surface area contributed by atoms with E-state index in [1.807, 2.05) is 6.07 Å². The van der Waals surface area contributed by atoms with Gasteiger partial charge in [-0.3, -0.25) is 14.8 Å². The molecule has 2 N–H and O–H groups in total. The smallest absolute Gasteiger partial charge is 0.316 e. The van der Waals surface area contributed by atoms with Gasteiger partial charge >= 0.3 is 5.97 Å². The fourth-order valence-corrected chi connectivity index (χ4v) is 2.14. The fraction of sp³-hybridized carbons (Fsp3) is 0.467. The Hall–Kier alpha value is -1.88. The zero-order chi connectivity index (χ0) is 15.4. The Morgan fingerprint density at radius 3 is 2.15 bits per heavy atom. The highest BCUT2D eigenvalue weighted by Gasteiger charge is 2.40. The zero-order valence-electron chi connectivity index (χ0n) is 12.3. The van der Waals surface area contributed by atoms with Crippen molar-refractivity contribution in [1.82, 2.24) is 5.48 Å². The predicted molar refractivity (Wildman–Crippen MR) is 74.2 cm³/mol. The summed E-state index contributed by atoms with van der Waals surface area (Å²) in [7, 11) is 0. The topological polar surface area (TPSA) is 75.6 Å². The summed E-state index contributed by atoms with van der Waals surface area (Å²) in [5, 5.41) is 8.73. The van der Waals surface area contributed by atoms with Gasteiger partial charge in [0.2, 0.25) is 5.91 Å². The van der Waals surface area contributed by atoms with Gasteiger partial charge in [-0.25, -0.2) is 5.48 Å². The van der Waals surface area contributed by atoms with Gasteiger partial charge in [0.25, 0.3) is 0 Å². The highest BCUT2D eigenvalue weighted by Crippen LogP contribution is 2.35. The van der Waals surface area contributed by atoms with Crippen LogP contribution < -0.4 is 10.2 Å². The molecule has 1 aromatic rings. The number of benzene rings is 1. The first-order valence-corrected chi connectivity index (χ1v) is 6.41. The molecule has 0 saturated heterocycles. The molecule has 0 heterocycles. The third kappa shape index (κ3) is 4.06. The Kier molecular flexibility index (Phi) is 4.89. The summed E-state index contributed by atoms with van der Waals surface area (Å²) >= 11 is 0. The molecule has 0 aliphatic heterocycles. The Morgan fingerprint density at radius 1 is 1.10 bits per heavy atom. The predicted octanol–water partition coefficient (Wildman–Crippen LogP) is 2.54. The summed E-state index contributed by atoms with van der Waals surface area (Å²) in [6, 6.07) is 8.77. The third-order valence-corrected chi connectivity index (χ3v) is 3.11. The van der Waals surface area contributed by atoms with E-state index in [0.29, 0.717) is 5.75 Å². The maximum atomic E-state index is 12.2. The van der Waals surface area contributed by atoms with Crippen LogP contribution in [0.5, 0.6) is 5.75 Å². The van der Waals surface area contributed by atoms with Crippen LogP contribution in [-0.2, 0) is 9.59 Å². The standard InChI is InChI=1S/C15H21NO4/c1-14(2,12(17)16-19)10-15(3,4)13(18)20-11-8-6-5-7-9-11/h5-9,19H,10H2,1-4H3,(H,16,17). The number of ether oxygens (including phenoxy) is 1. The monoisotopic (exact) mass is 279 g/mol. The van der Waals surface area contributed by atoms with E-state index in [4.69, 9.17) is 9.94 Å². The van der Waals surface area contributed by atoms with Gasteiger partial charge in [0.15, 0.2) is 0 Å². The van der Waals surface area contributed by atoms with E-state index >= 15 is 0 Å². The minimum atomic E-state index is -0.881. The average Bonchev–Trinajstić information content (AvgIpc) is 2.37. The summed E-state index contributed by atoms with van der Waals surface area (Å²) in [5.74, 6) is -0.476. The molecule has 5 nitrogen and oxygen atoms in total. The van der Waals surface area contributed by atoms with E-state index in [1.54, 1.807) is 57.4 Å². The molecule has 1 amide bonds. The highest BCUT2D eigenvalue weighted by molar-refractivity contribution is 5.83. The van der Waals surface area contributed by atoms with Crippen LogP contribution in [0.1, 0.15) is 34.1 Å². The number of carbonyl (C=O) groups is 2. The normalized spacial score (nSPS) is 11.8. The third-order valence-electron chi connectivity index (χ3n) is 3.11. The lowest BCUT2D eigenvalue weighted by atomic mass is 9.74. The van der Waals surface area contributed by atoms with Crippen molar-refractivity contribution in [2.75, 3.05) is 0 Å². The Morgan fingerprint density at radius 2 is 1.65 bits per heavy atom. The second-order valence-corrected chi connectivity index (χ2v) is 6.09. The summed E-state index contributed by atoms with van der Waals surface area (Å²) in [6.45, 7) is 6.75. The van der Waals surface area contributed by atoms with Crippen LogP contribution in [0.15, 0.2) is 30.3 Å². The number of amides is 1. The number of para-hydroxylation sites is 1. The summed E-state index contributed by atoms with van der Waals surface area (Å²) in [4.78, 5) is 23.8. The minimum absolute atomic E-state index is 0.248. The van der Waals surface area contributed by atoms with Crippen LogP contribution >= 0.6 is 0 Å². The summed E-state index contributed by atoms with van der Waals surface area (Å²) < 4.78 is 5.31. The molecule has 0 aromatic heterocycles. The second kappa shape index (κ2) is 6.05. The van der Waals surface area contributed by atoms with Crippen molar-refractivity contribution in [3.63, 3.8) is 0 Å². The van der Waals surface area contributed by atoms with E-state index in [0.717, 1.165) is 0 Å². The molecule has 20 heavy (non-hydrogen) atoms. The van der Waals surface area contributed by atoms with Crippen LogP contribution in [0.2, 0.25) is 0 Å². The molecule has 5 heteroatoms. The van der Waals surface area contributed by atoms with E-state index in [9.17, 15) is 9.59 Å². The van der Waals surface area contributed by atoms with Crippen LogP contribution in [0.3, 0.4) is 0 Å². The van der Waals surface area contributed by atoms with Gasteiger partial charge in [0.05, 0.1) is 5.41 Å². The Balaban J connectivity index is 2.78. The lowest BCUT2D eigenvalue weighted by Gasteiger charge is -2.31. The summed E-state index contributed by atoms with van der Waals surface area (Å²) in [6.07, 6.45) is 0.248. The van der Waals surface area contributed by atoms with Gasteiger partial charge in [0, 0.05) is 5.41 Å². The fourth-order valence-electron chi connectivity index (χ4n) is 2.14. The van der Waals surface area contributed by atoms with Crippen molar-refractivity contribution in [2.45, 2.75) is 34.1 Å². The molecule has 0 saturated carbocycles. The molecule has 0 aliphatic carbocycles. The average molecular weight is 279 g/mol. The van der Waals surface area contributed by atoms with Crippen LogP contribution in [-0.4, -0.2) is 17.1 Å². The van der Waals surface area contributed by atoms with Crippen molar-refractivity contribution < 1.29 is 19.5 Å². The van der Waals surface area contributed by atoms with Gasteiger partial charge in [-0.15, -0.1) is 0 Å². The molecule has 110 valence electrons. The Bertz CT molecular complexity index is 480. The number of carbonyl (C=O) groups excluding carboxylic acids is 2. The summed E-state index contributed by atoms with van der Waals surface area (Å²) in [5.41, 5.74) is -0.111. The molecule has 0 spiro atoms. The maximum absolute atomic E-state index is 12.2. The molecule has 0 atom stereocenters. The zero-order valence-corrected chi connectivity index (χ0v) is 12.3. The molecule has 0 unspecified atom stereocenters. The van der Waals surface area contributed by atoms with E-state index < -0.39 is 22.7 Å². The highest BCUT2D eigenvalue weighted by atomic mass is 16.5. The molecule has 0 aliphatic rings. The lowest BCUT2D eigenvalue weighted by Crippen LogP contribution is -2.41. The maximum Gasteiger partial charge on any atom is 0.316 e. The van der Waals surface area contributed by atoms with Crippen LogP contribution in [0, 0.1) is 10.8 Å². The van der Waals surface area contributed by atoms with Crippen molar-refractivity contribution in [1.29, 1.82) is 0 Å². The molecule has 0 fully saturated rings. The molecule has 1 rings (SSSR count). The van der Waals surface area contributed by atoms with Crippen molar-refractivity contribution in [3.05, 3.63) is 30.3 Å². The van der Waals surface area contributed by atoms with Gasteiger partial charge in [-0.2, -0.15) is 0 Å². The van der Waals surface area contributed by atoms with Crippen molar-refractivity contribution >= 4 is 11.9 Å². The van der Waals surface area contributed by atoms with E-state index in [2.05, 4.69) is 0 Å². The number of hydroxylamine groups is 1. The Labute approximate surface area is 118 Å². The number of hydrogen-bond donors (Lipinski definition) is 2. The minimum Gasteiger partial charge on any atom is -0.426 e. The first-order chi connectivity index (χ1) is 9.19. The number of nitrogens with one attached hydrogen (secondary N) is 1. The quantitative estimate of drug-likeness (QED) is 0.376. The van der Waals surface area contributed by atoms with E-state index in [-0.39, 0.29) is 6.42 Å². The molecule has 0 bridgehead atoms. The first-order valence-electron chi connectivity index (χ1n) is 6.41. The molecule has 0 radical (unpaired) electrons. The van der Waals surface area contributed by atoms with Crippen LogP contribution in [0.25, 0.3) is 0 Å². The van der Waals surface area contributed by atoms with Gasteiger partial charge in [-0.1, -0.05) is 32.0 Å². The second-order valence-electron chi connectivity index (χ2n) is 6.09. The van der Waals surface area contributed by atoms with Gasteiger partial charge in [-0.05, 0) is 32.4 Å². The number of hydrogen-bond acceptors (Lipinski definition) is 4. The molecular formula is C15H21NO4. The largest absolute Gasteiger partial charge is 0.426 e. The number of esters is 1. The molecule has 1 aromatic carbocycles.